The Labute approximate surface area is 61.3 Å². The first-order valence-electron chi connectivity index (χ1n) is 3.67. The van der Waals surface area contributed by atoms with Crippen LogP contribution in [0.5, 0.6) is 0 Å². The molecule has 0 bridgehead atoms. The summed E-state index contributed by atoms with van der Waals surface area (Å²) in [5, 5.41) is 18.4. The summed E-state index contributed by atoms with van der Waals surface area (Å²) in [7, 11) is 1.96. The summed E-state index contributed by atoms with van der Waals surface area (Å²) in [5.74, 6) is 0. The third kappa shape index (κ3) is 1.48. The van der Waals surface area contributed by atoms with Crippen LogP contribution in [0.4, 0.5) is 0 Å². The summed E-state index contributed by atoms with van der Waals surface area (Å²) < 4.78 is 0. The van der Waals surface area contributed by atoms with Gasteiger partial charge in [-0.15, -0.1) is 0 Å². The van der Waals surface area contributed by atoms with Gasteiger partial charge in [-0.1, -0.05) is 0 Å². The zero-order valence-corrected chi connectivity index (χ0v) is 6.49. The Hall–Kier alpha value is -0.120. The zero-order chi connectivity index (χ0) is 7.72. The minimum atomic E-state index is -0.554. The van der Waals surface area contributed by atoms with Crippen LogP contribution in [0.25, 0.3) is 0 Å². The first-order valence-corrected chi connectivity index (χ1v) is 3.67. The molecule has 10 heavy (non-hydrogen) atoms. The van der Waals surface area contributed by atoms with Crippen molar-refractivity contribution in [2.24, 2.45) is 0 Å². The van der Waals surface area contributed by atoms with E-state index in [1.54, 1.807) is 0 Å². The summed E-state index contributed by atoms with van der Waals surface area (Å²) in [5.41, 5.74) is 0. The third-order valence-electron chi connectivity index (χ3n) is 2.25. The van der Waals surface area contributed by atoms with Crippen molar-refractivity contribution in [1.82, 2.24) is 4.90 Å². The lowest BCUT2D eigenvalue weighted by Gasteiger charge is -2.36. The predicted octanol–water partition coefficient (Wildman–Crippen LogP) is -0.568. The highest BCUT2D eigenvalue weighted by Crippen LogP contribution is 2.15. The Bertz CT molecular complexity index is 92.2. The van der Waals surface area contributed by atoms with Crippen molar-refractivity contribution in [3.05, 3.63) is 0 Å². The molecule has 1 rings (SSSR count). The van der Waals surface area contributed by atoms with E-state index in [2.05, 4.69) is 11.8 Å². The Kier molecular flexibility index (Phi) is 2.28. The number of aliphatic hydroxyl groups is 2. The van der Waals surface area contributed by atoms with Crippen molar-refractivity contribution in [3.8, 4) is 0 Å². The molecule has 1 heterocycles. The van der Waals surface area contributed by atoms with Crippen LogP contribution in [0.2, 0.25) is 0 Å². The van der Waals surface area contributed by atoms with Crippen LogP contribution in [0.1, 0.15) is 13.3 Å². The fourth-order valence-electron chi connectivity index (χ4n) is 1.28. The van der Waals surface area contributed by atoms with Crippen LogP contribution in [0.15, 0.2) is 0 Å². The molecule has 0 radical (unpaired) electrons. The monoisotopic (exact) mass is 145 g/mol. The van der Waals surface area contributed by atoms with E-state index in [0.717, 1.165) is 0 Å². The van der Waals surface area contributed by atoms with E-state index >= 15 is 0 Å². The Morgan fingerprint density at radius 3 is 2.40 bits per heavy atom. The second-order valence-electron chi connectivity index (χ2n) is 3.16. The fraction of sp³-hybridized carbons (Fsp3) is 1.00. The third-order valence-corrected chi connectivity index (χ3v) is 2.25. The van der Waals surface area contributed by atoms with Gasteiger partial charge in [0, 0.05) is 12.6 Å². The summed E-state index contributed by atoms with van der Waals surface area (Å²) in [6, 6.07) is 0.387. The summed E-state index contributed by atoms with van der Waals surface area (Å²) in [6.45, 7) is 2.64. The molecule has 1 aliphatic heterocycles. The topological polar surface area (TPSA) is 43.7 Å². The molecule has 0 aliphatic carbocycles. The van der Waals surface area contributed by atoms with Gasteiger partial charge in [0.2, 0.25) is 0 Å². The predicted molar refractivity (Wildman–Crippen MR) is 38.7 cm³/mol. The number of hydrogen-bond donors (Lipinski definition) is 2. The van der Waals surface area contributed by atoms with E-state index in [4.69, 9.17) is 0 Å². The molecule has 0 aromatic rings. The largest absolute Gasteiger partial charge is 0.390 e. The maximum Gasteiger partial charge on any atom is 0.0926 e. The highest BCUT2D eigenvalue weighted by Gasteiger charge is 2.28. The van der Waals surface area contributed by atoms with E-state index in [9.17, 15) is 10.2 Å². The number of likely N-dealkylation sites (tertiary alicyclic amines) is 1. The van der Waals surface area contributed by atoms with E-state index in [1.807, 2.05) is 7.05 Å². The van der Waals surface area contributed by atoms with Gasteiger partial charge >= 0.3 is 0 Å². The average molecular weight is 145 g/mol. The molecule has 3 atom stereocenters. The van der Waals surface area contributed by atoms with Crippen LogP contribution >= 0.6 is 0 Å². The van der Waals surface area contributed by atoms with Crippen LogP contribution in [-0.2, 0) is 0 Å². The quantitative estimate of drug-likeness (QED) is 0.480. The van der Waals surface area contributed by atoms with Crippen molar-refractivity contribution in [1.29, 1.82) is 0 Å². The fourth-order valence-corrected chi connectivity index (χ4v) is 1.28. The van der Waals surface area contributed by atoms with Crippen molar-refractivity contribution in [2.75, 3.05) is 13.6 Å². The van der Waals surface area contributed by atoms with Gasteiger partial charge in [-0.2, -0.15) is 0 Å². The van der Waals surface area contributed by atoms with Gasteiger partial charge in [0.15, 0.2) is 0 Å². The van der Waals surface area contributed by atoms with Crippen molar-refractivity contribution >= 4 is 0 Å². The molecule has 1 saturated heterocycles. The molecule has 1 fully saturated rings. The average Bonchev–Trinajstić information content (AvgIpc) is 1.84. The van der Waals surface area contributed by atoms with Crippen molar-refractivity contribution < 1.29 is 10.2 Å². The molecule has 0 aromatic heterocycles. The molecular weight excluding hydrogens is 130 g/mol. The van der Waals surface area contributed by atoms with E-state index in [-0.39, 0.29) is 0 Å². The van der Waals surface area contributed by atoms with Gasteiger partial charge in [0.25, 0.3) is 0 Å². The molecule has 2 N–H and O–H groups in total. The number of piperidine rings is 1. The maximum atomic E-state index is 9.19. The highest BCUT2D eigenvalue weighted by molar-refractivity contribution is 4.82. The first-order chi connectivity index (χ1) is 4.61. The minimum Gasteiger partial charge on any atom is -0.390 e. The van der Waals surface area contributed by atoms with Crippen molar-refractivity contribution in [3.63, 3.8) is 0 Å². The standard InChI is InChI=1S/C7H15NO2/c1-5-3-6(9)7(10)4-8(5)2/h5-7,9-10H,3-4H2,1-2H3/t5?,6-,7+/m1/s1. The maximum absolute atomic E-state index is 9.19. The van der Waals surface area contributed by atoms with E-state index < -0.39 is 12.2 Å². The number of hydrogen-bond acceptors (Lipinski definition) is 3. The molecule has 0 amide bonds. The molecule has 1 aliphatic rings. The molecule has 0 aromatic carbocycles. The first kappa shape index (κ1) is 7.98. The summed E-state index contributed by atoms with van der Waals surface area (Å²) in [6.07, 6.45) is -0.398. The number of likely N-dealkylation sites (N-methyl/N-ethyl adjacent to an activating group) is 1. The second kappa shape index (κ2) is 2.86. The SMILES string of the molecule is CC1C[C@@H](O)[C@@H](O)CN1C. The molecule has 3 heteroatoms. The molecular formula is C7H15NO2. The normalized spacial score (nSPS) is 43.8. The van der Waals surface area contributed by atoms with Crippen molar-refractivity contribution in [2.45, 2.75) is 31.6 Å². The molecule has 1 unspecified atom stereocenters. The van der Waals surface area contributed by atoms with Gasteiger partial charge in [0.05, 0.1) is 12.2 Å². The van der Waals surface area contributed by atoms with Crippen LogP contribution in [-0.4, -0.2) is 47.0 Å². The van der Waals surface area contributed by atoms with E-state index in [0.29, 0.717) is 19.0 Å². The Balaban J connectivity index is 2.46. The van der Waals surface area contributed by atoms with Gasteiger partial charge in [-0.05, 0) is 20.4 Å². The van der Waals surface area contributed by atoms with Crippen LogP contribution in [0.3, 0.4) is 0 Å². The zero-order valence-electron chi connectivity index (χ0n) is 6.49. The van der Waals surface area contributed by atoms with Gasteiger partial charge < -0.3 is 15.1 Å². The molecule has 60 valence electrons. The molecule has 0 spiro atoms. The lowest BCUT2D eigenvalue weighted by atomic mass is 9.99. The Morgan fingerprint density at radius 1 is 1.30 bits per heavy atom. The highest BCUT2D eigenvalue weighted by atomic mass is 16.3. The van der Waals surface area contributed by atoms with Gasteiger partial charge in [-0.25, -0.2) is 0 Å². The van der Waals surface area contributed by atoms with Gasteiger partial charge in [-0.3, -0.25) is 0 Å². The lowest BCUT2D eigenvalue weighted by Crippen LogP contribution is -2.49. The lowest BCUT2D eigenvalue weighted by molar-refractivity contribution is -0.0498. The second-order valence-corrected chi connectivity index (χ2v) is 3.16. The smallest absolute Gasteiger partial charge is 0.0926 e. The number of β-amino-alcohol motifs (C(OH)–C–C–N with tert-alkyl or cyclic N) is 1. The Morgan fingerprint density at radius 2 is 1.90 bits per heavy atom. The molecule has 0 saturated carbocycles. The molecule has 3 nitrogen and oxygen atoms in total. The summed E-state index contributed by atoms with van der Waals surface area (Å²) >= 11 is 0. The number of aliphatic hydroxyl groups excluding tert-OH is 2. The van der Waals surface area contributed by atoms with E-state index in [1.165, 1.54) is 0 Å². The number of nitrogens with zero attached hydrogens (tertiary/aromatic N) is 1. The minimum absolute atomic E-state index is 0.387. The van der Waals surface area contributed by atoms with Crippen LogP contribution in [0, 0.1) is 0 Å². The summed E-state index contributed by atoms with van der Waals surface area (Å²) in [4.78, 5) is 2.05. The van der Waals surface area contributed by atoms with Crippen LogP contribution < -0.4 is 0 Å². The number of rotatable bonds is 0. The van der Waals surface area contributed by atoms with Gasteiger partial charge in [0.1, 0.15) is 0 Å².